The number of hydrogen-bond donors (Lipinski definition) is 1. The van der Waals surface area contributed by atoms with E-state index in [4.69, 9.17) is 4.74 Å². The lowest BCUT2D eigenvalue weighted by Crippen LogP contribution is -2.43. The molecule has 8 nitrogen and oxygen atoms in total. The Morgan fingerprint density at radius 1 is 1.45 bits per heavy atom. The molecule has 1 aliphatic heterocycles. The van der Waals surface area contributed by atoms with Gasteiger partial charge in [-0.3, -0.25) is 9.69 Å². The Labute approximate surface area is 128 Å². The molecule has 2 atom stereocenters. The SMILES string of the molecule is CO[C@H]1CN(C(C)C)C[C@@H]1NC(=O)c1ccn2nnnc2c1. The van der Waals surface area contributed by atoms with Gasteiger partial charge in [0.25, 0.3) is 5.91 Å². The molecule has 0 spiro atoms. The summed E-state index contributed by atoms with van der Waals surface area (Å²) in [6, 6.07) is 3.78. The summed E-state index contributed by atoms with van der Waals surface area (Å²) in [7, 11) is 1.68. The summed E-state index contributed by atoms with van der Waals surface area (Å²) in [5.74, 6) is -0.136. The fourth-order valence-electron chi connectivity index (χ4n) is 2.73. The van der Waals surface area contributed by atoms with E-state index in [9.17, 15) is 4.79 Å². The zero-order valence-corrected chi connectivity index (χ0v) is 12.9. The number of aromatic nitrogens is 4. The van der Waals surface area contributed by atoms with Crippen molar-refractivity contribution in [2.24, 2.45) is 0 Å². The summed E-state index contributed by atoms with van der Waals surface area (Å²) in [4.78, 5) is 14.7. The van der Waals surface area contributed by atoms with E-state index in [0.717, 1.165) is 13.1 Å². The highest BCUT2D eigenvalue weighted by Crippen LogP contribution is 2.16. The Bertz CT molecular complexity index is 670. The highest BCUT2D eigenvalue weighted by atomic mass is 16.5. The number of fused-ring (bicyclic) bond motifs is 1. The normalized spacial score (nSPS) is 22.5. The number of nitrogens with one attached hydrogen (secondary N) is 1. The second-order valence-corrected chi connectivity index (χ2v) is 5.80. The molecule has 1 aliphatic rings. The van der Waals surface area contributed by atoms with Crippen LogP contribution >= 0.6 is 0 Å². The Balaban J connectivity index is 1.72. The van der Waals surface area contributed by atoms with Crippen molar-refractivity contribution in [3.8, 4) is 0 Å². The van der Waals surface area contributed by atoms with Gasteiger partial charge in [0.1, 0.15) is 0 Å². The summed E-state index contributed by atoms with van der Waals surface area (Å²) in [6.45, 7) is 5.90. The van der Waals surface area contributed by atoms with Gasteiger partial charge < -0.3 is 10.1 Å². The average Bonchev–Trinajstić information content (AvgIpc) is 3.12. The summed E-state index contributed by atoms with van der Waals surface area (Å²) in [5, 5.41) is 14.2. The van der Waals surface area contributed by atoms with E-state index in [2.05, 4.69) is 39.6 Å². The highest BCUT2D eigenvalue weighted by molar-refractivity contribution is 5.95. The molecule has 0 aliphatic carbocycles. The fraction of sp³-hybridized carbons (Fsp3) is 0.571. The molecule has 22 heavy (non-hydrogen) atoms. The number of ether oxygens (including phenoxy) is 1. The molecule has 3 rings (SSSR count). The molecular formula is C14H20N6O2. The first-order chi connectivity index (χ1) is 10.6. The number of methoxy groups -OCH3 is 1. The minimum Gasteiger partial charge on any atom is -0.378 e. The number of carbonyl (C=O) groups is 1. The molecule has 0 bridgehead atoms. The van der Waals surface area contributed by atoms with Crippen molar-refractivity contribution in [1.82, 2.24) is 30.3 Å². The monoisotopic (exact) mass is 304 g/mol. The zero-order chi connectivity index (χ0) is 15.7. The van der Waals surface area contributed by atoms with E-state index in [1.807, 2.05) is 0 Å². The number of pyridine rings is 1. The molecule has 2 aromatic heterocycles. The van der Waals surface area contributed by atoms with Crippen LogP contribution in [-0.4, -0.2) is 69.2 Å². The number of carbonyl (C=O) groups excluding carboxylic acids is 1. The van der Waals surface area contributed by atoms with Crippen LogP contribution in [0.2, 0.25) is 0 Å². The van der Waals surface area contributed by atoms with Gasteiger partial charge >= 0.3 is 0 Å². The van der Waals surface area contributed by atoms with Crippen molar-refractivity contribution in [2.45, 2.75) is 32.0 Å². The molecule has 1 fully saturated rings. The predicted molar refractivity (Wildman–Crippen MR) is 79.5 cm³/mol. The van der Waals surface area contributed by atoms with Crippen molar-refractivity contribution in [1.29, 1.82) is 0 Å². The zero-order valence-electron chi connectivity index (χ0n) is 12.9. The van der Waals surface area contributed by atoms with Crippen LogP contribution in [0.25, 0.3) is 5.65 Å². The number of rotatable bonds is 4. The van der Waals surface area contributed by atoms with Crippen molar-refractivity contribution >= 4 is 11.6 Å². The Hall–Kier alpha value is -2.06. The highest BCUT2D eigenvalue weighted by Gasteiger charge is 2.35. The van der Waals surface area contributed by atoms with Gasteiger partial charge in [0.15, 0.2) is 5.65 Å². The first-order valence-electron chi connectivity index (χ1n) is 7.34. The van der Waals surface area contributed by atoms with E-state index in [1.165, 1.54) is 4.52 Å². The van der Waals surface area contributed by atoms with Crippen LogP contribution in [0.4, 0.5) is 0 Å². The van der Waals surface area contributed by atoms with Gasteiger partial charge in [-0.1, -0.05) is 0 Å². The molecule has 1 saturated heterocycles. The minimum absolute atomic E-state index is 0.00448. The smallest absolute Gasteiger partial charge is 0.251 e. The number of tetrazole rings is 1. The lowest BCUT2D eigenvalue weighted by Gasteiger charge is -2.20. The summed E-state index contributed by atoms with van der Waals surface area (Å²) in [6.07, 6.45) is 1.68. The maximum absolute atomic E-state index is 12.4. The number of hydrogen-bond acceptors (Lipinski definition) is 6. The van der Waals surface area contributed by atoms with E-state index in [-0.39, 0.29) is 18.1 Å². The van der Waals surface area contributed by atoms with Gasteiger partial charge in [0, 0.05) is 38.0 Å². The number of likely N-dealkylation sites (tertiary alicyclic amines) is 1. The number of amides is 1. The van der Waals surface area contributed by atoms with Crippen molar-refractivity contribution < 1.29 is 9.53 Å². The van der Waals surface area contributed by atoms with E-state index < -0.39 is 0 Å². The molecule has 118 valence electrons. The molecular weight excluding hydrogens is 284 g/mol. The third-order valence-electron chi connectivity index (χ3n) is 4.10. The van der Waals surface area contributed by atoms with Crippen LogP contribution in [0.3, 0.4) is 0 Å². The van der Waals surface area contributed by atoms with Gasteiger partial charge in [-0.25, -0.2) is 4.52 Å². The molecule has 0 saturated carbocycles. The fourth-order valence-corrected chi connectivity index (χ4v) is 2.73. The topological polar surface area (TPSA) is 84.7 Å². The van der Waals surface area contributed by atoms with E-state index in [1.54, 1.807) is 25.4 Å². The molecule has 1 N–H and O–H groups in total. The first-order valence-corrected chi connectivity index (χ1v) is 7.34. The van der Waals surface area contributed by atoms with Crippen LogP contribution in [0.1, 0.15) is 24.2 Å². The van der Waals surface area contributed by atoms with Crippen LogP contribution in [-0.2, 0) is 4.74 Å². The van der Waals surface area contributed by atoms with Gasteiger partial charge in [0.2, 0.25) is 0 Å². The van der Waals surface area contributed by atoms with Crippen LogP contribution in [0.5, 0.6) is 0 Å². The maximum atomic E-state index is 12.4. The molecule has 8 heteroatoms. The van der Waals surface area contributed by atoms with Gasteiger partial charge in [-0.15, -0.1) is 5.10 Å². The third-order valence-corrected chi connectivity index (χ3v) is 4.10. The van der Waals surface area contributed by atoms with Crippen LogP contribution in [0.15, 0.2) is 18.3 Å². The Morgan fingerprint density at radius 3 is 3.00 bits per heavy atom. The lowest BCUT2D eigenvalue weighted by molar-refractivity contribution is 0.0753. The van der Waals surface area contributed by atoms with Gasteiger partial charge in [-0.2, -0.15) is 0 Å². The molecule has 3 heterocycles. The average molecular weight is 304 g/mol. The minimum atomic E-state index is -0.136. The number of nitrogens with zero attached hydrogens (tertiary/aromatic N) is 5. The Kier molecular flexibility index (Phi) is 4.04. The maximum Gasteiger partial charge on any atom is 0.251 e. The molecule has 1 amide bonds. The van der Waals surface area contributed by atoms with Crippen molar-refractivity contribution in [3.63, 3.8) is 0 Å². The van der Waals surface area contributed by atoms with E-state index >= 15 is 0 Å². The second kappa shape index (κ2) is 5.98. The first kappa shape index (κ1) is 14.9. The van der Waals surface area contributed by atoms with Crippen molar-refractivity contribution in [3.05, 3.63) is 23.9 Å². The predicted octanol–water partition coefficient (Wildman–Crippen LogP) is -0.0383. The quantitative estimate of drug-likeness (QED) is 0.853. The third kappa shape index (κ3) is 2.79. The Morgan fingerprint density at radius 2 is 2.27 bits per heavy atom. The second-order valence-electron chi connectivity index (χ2n) is 5.80. The molecule has 2 aromatic rings. The van der Waals surface area contributed by atoms with Crippen LogP contribution < -0.4 is 5.32 Å². The molecule has 0 aromatic carbocycles. The van der Waals surface area contributed by atoms with Gasteiger partial charge in [-0.05, 0) is 36.4 Å². The standard InChI is InChI=1S/C14H20N6O2/c1-9(2)19-7-11(12(8-19)22-3)15-14(21)10-4-5-20-13(6-10)16-17-18-20/h4-6,9,11-12H,7-8H2,1-3H3,(H,15,21)/t11-,12-/m0/s1. The summed E-state index contributed by atoms with van der Waals surface area (Å²) < 4.78 is 7.02. The van der Waals surface area contributed by atoms with Crippen molar-refractivity contribution in [2.75, 3.05) is 20.2 Å². The molecule has 0 radical (unpaired) electrons. The summed E-state index contributed by atoms with van der Waals surface area (Å²) in [5.41, 5.74) is 1.09. The van der Waals surface area contributed by atoms with Crippen LogP contribution in [0, 0.1) is 0 Å². The lowest BCUT2D eigenvalue weighted by atomic mass is 10.2. The largest absolute Gasteiger partial charge is 0.378 e. The molecule has 0 unspecified atom stereocenters. The van der Waals surface area contributed by atoms with E-state index in [0.29, 0.717) is 17.3 Å². The van der Waals surface area contributed by atoms with Gasteiger partial charge in [0.05, 0.1) is 12.1 Å². The summed E-state index contributed by atoms with van der Waals surface area (Å²) >= 11 is 0.